The molecule has 2 unspecified atom stereocenters. The summed E-state index contributed by atoms with van der Waals surface area (Å²) in [4.78, 5) is 51.7. The fourth-order valence-corrected chi connectivity index (χ4v) is 3.20. The Balaban J connectivity index is 3.20. The molecule has 3 N–H and O–H groups in total. The van der Waals surface area contributed by atoms with Crippen LogP contribution in [0.25, 0.3) is 0 Å². The van der Waals surface area contributed by atoms with Gasteiger partial charge in [0, 0.05) is 18.2 Å². The van der Waals surface area contributed by atoms with Crippen molar-refractivity contribution < 1.29 is 33.8 Å². The Labute approximate surface area is 201 Å². The van der Waals surface area contributed by atoms with E-state index in [0.717, 1.165) is 0 Å². The second-order valence-corrected chi connectivity index (χ2v) is 9.01. The van der Waals surface area contributed by atoms with Crippen molar-refractivity contribution in [2.75, 3.05) is 13.2 Å². The third kappa shape index (κ3) is 8.92. The van der Waals surface area contributed by atoms with Crippen molar-refractivity contribution in [2.24, 2.45) is 0 Å². The van der Waals surface area contributed by atoms with Gasteiger partial charge in [-0.1, -0.05) is 18.2 Å². The van der Waals surface area contributed by atoms with Gasteiger partial charge in [-0.25, -0.2) is 4.79 Å². The number of benzene rings is 1. The Morgan fingerprint density at radius 2 is 1.71 bits per heavy atom. The first-order valence-electron chi connectivity index (χ1n) is 11.3. The molecule has 34 heavy (non-hydrogen) atoms. The summed E-state index contributed by atoms with van der Waals surface area (Å²) < 4.78 is 10.1. The first kappa shape index (κ1) is 28.7. The van der Waals surface area contributed by atoms with E-state index in [1.165, 1.54) is 17.9 Å². The summed E-state index contributed by atoms with van der Waals surface area (Å²) in [6.45, 7) is 11.9. The predicted molar refractivity (Wildman–Crippen MR) is 126 cm³/mol. The number of hydrogen-bond acceptors (Lipinski definition) is 7. The molecule has 0 saturated carbocycles. The number of alkyl carbamates (subject to hydrolysis) is 1. The number of para-hydroxylation sites is 1. The van der Waals surface area contributed by atoms with Crippen LogP contribution in [0.1, 0.15) is 66.5 Å². The molecule has 190 valence electrons. The third-order valence-electron chi connectivity index (χ3n) is 4.61. The summed E-state index contributed by atoms with van der Waals surface area (Å²) in [5.74, 6) is -1.76. The molecule has 0 saturated heterocycles. The van der Waals surface area contributed by atoms with Crippen molar-refractivity contribution in [3.63, 3.8) is 0 Å². The SMILES string of the molecule is CCOC(=O)CCNC(=O)C(c1ccccc1O)N(C(=O)C(C)NC(=O)OC(C)(C)C)C(C)C. The summed E-state index contributed by atoms with van der Waals surface area (Å²) in [5, 5.41) is 15.6. The Bertz CT molecular complexity index is 864. The van der Waals surface area contributed by atoms with Crippen molar-refractivity contribution in [3.8, 4) is 5.75 Å². The van der Waals surface area contributed by atoms with Crippen molar-refractivity contribution in [1.82, 2.24) is 15.5 Å². The van der Waals surface area contributed by atoms with Crippen LogP contribution in [0.15, 0.2) is 24.3 Å². The van der Waals surface area contributed by atoms with E-state index >= 15 is 0 Å². The number of carbonyl (C=O) groups excluding carboxylic acids is 4. The molecule has 0 bridgehead atoms. The number of carbonyl (C=O) groups is 4. The van der Waals surface area contributed by atoms with E-state index in [2.05, 4.69) is 10.6 Å². The first-order valence-corrected chi connectivity index (χ1v) is 11.3. The smallest absolute Gasteiger partial charge is 0.408 e. The molecule has 0 aliphatic carbocycles. The van der Waals surface area contributed by atoms with Crippen LogP contribution in [0.2, 0.25) is 0 Å². The fraction of sp³-hybridized carbons (Fsp3) is 0.583. The van der Waals surface area contributed by atoms with Gasteiger partial charge in [-0.15, -0.1) is 0 Å². The summed E-state index contributed by atoms with van der Waals surface area (Å²) in [6.07, 6.45) is -0.811. The number of nitrogens with one attached hydrogen (secondary N) is 2. The number of phenols is 1. The molecule has 0 spiro atoms. The maximum Gasteiger partial charge on any atom is 0.408 e. The van der Waals surface area contributed by atoms with Crippen LogP contribution in [0.3, 0.4) is 0 Å². The Morgan fingerprint density at radius 1 is 1.09 bits per heavy atom. The number of rotatable bonds is 10. The van der Waals surface area contributed by atoms with Gasteiger partial charge < -0.3 is 30.1 Å². The predicted octanol–water partition coefficient (Wildman–Crippen LogP) is 2.65. The zero-order valence-electron chi connectivity index (χ0n) is 21.0. The van der Waals surface area contributed by atoms with Crippen LogP contribution in [0.4, 0.5) is 4.79 Å². The molecule has 0 aliphatic heterocycles. The molecule has 0 heterocycles. The van der Waals surface area contributed by atoms with E-state index in [1.54, 1.807) is 59.7 Å². The highest BCUT2D eigenvalue weighted by Gasteiger charge is 2.37. The second kappa shape index (κ2) is 12.8. The van der Waals surface area contributed by atoms with Gasteiger partial charge in [0.15, 0.2) is 0 Å². The van der Waals surface area contributed by atoms with Gasteiger partial charge in [0.1, 0.15) is 23.4 Å². The maximum atomic E-state index is 13.4. The van der Waals surface area contributed by atoms with Crippen molar-refractivity contribution in [3.05, 3.63) is 29.8 Å². The van der Waals surface area contributed by atoms with Crippen molar-refractivity contribution >= 4 is 23.9 Å². The number of amides is 3. The number of esters is 1. The molecule has 1 aromatic rings. The van der Waals surface area contributed by atoms with Gasteiger partial charge in [0.05, 0.1) is 13.0 Å². The van der Waals surface area contributed by atoms with Crippen LogP contribution in [0, 0.1) is 0 Å². The normalized spacial score (nSPS) is 12.9. The van der Waals surface area contributed by atoms with Crippen molar-refractivity contribution in [1.29, 1.82) is 0 Å². The van der Waals surface area contributed by atoms with E-state index in [0.29, 0.717) is 0 Å². The number of phenolic OH excluding ortho intramolecular Hbond substituents is 1. The van der Waals surface area contributed by atoms with Gasteiger partial charge in [-0.05, 0) is 54.5 Å². The Hall–Kier alpha value is -3.30. The van der Waals surface area contributed by atoms with E-state index in [4.69, 9.17) is 9.47 Å². The molecule has 0 fully saturated rings. The fourth-order valence-electron chi connectivity index (χ4n) is 3.20. The zero-order valence-corrected chi connectivity index (χ0v) is 21.0. The molecule has 10 heteroatoms. The lowest BCUT2D eigenvalue weighted by atomic mass is 10.00. The van der Waals surface area contributed by atoms with E-state index in [9.17, 15) is 24.3 Å². The average molecular weight is 480 g/mol. The molecule has 1 rings (SSSR count). The van der Waals surface area contributed by atoms with E-state index < -0.39 is 47.6 Å². The Morgan fingerprint density at radius 3 is 2.24 bits per heavy atom. The second-order valence-electron chi connectivity index (χ2n) is 9.01. The average Bonchev–Trinajstić information content (AvgIpc) is 2.70. The molecule has 2 atom stereocenters. The monoisotopic (exact) mass is 479 g/mol. The highest BCUT2D eigenvalue weighted by atomic mass is 16.6. The lowest BCUT2D eigenvalue weighted by molar-refractivity contribution is -0.145. The van der Waals surface area contributed by atoms with Gasteiger partial charge in [-0.3, -0.25) is 14.4 Å². The summed E-state index contributed by atoms with van der Waals surface area (Å²) >= 11 is 0. The van der Waals surface area contributed by atoms with Crippen LogP contribution in [-0.4, -0.2) is 64.7 Å². The van der Waals surface area contributed by atoms with Gasteiger partial charge in [0.2, 0.25) is 11.8 Å². The minimum Gasteiger partial charge on any atom is -0.508 e. The van der Waals surface area contributed by atoms with Crippen LogP contribution in [0.5, 0.6) is 5.75 Å². The number of nitrogens with zero attached hydrogens (tertiary/aromatic N) is 1. The zero-order chi connectivity index (χ0) is 26.1. The quantitative estimate of drug-likeness (QED) is 0.439. The topological polar surface area (TPSA) is 134 Å². The first-order chi connectivity index (χ1) is 15.8. The molecule has 0 aromatic heterocycles. The summed E-state index contributed by atoms with van der Waals surface area (Å²) in [5.41, 5.74) is -0.537. The van der Waals surface area contributed by atoms with Crippen LogP contribution >= 0.6 is 0 Å². The number of ether oxygens (including phenoxy) is 2. The van der Waals surface area contributed by atoms with Gasteiger partial charge >= 0.3 is 12.1 Å². The highest BCUT2D eigenvalue weighted by molar-refractivity contribution is 5.92. The Kier molecular flexibility index (Phi) is 10.8. The molecule has 0 aliphatic rings. The number of hydrogen-bond donors (Lipinski definition) is 3. The summed E-state index contributed by atoms with van der Waals surface area (Å²) in [7, 11) is 0. The largest absolute Gasteiger partial charge is 0.508 e. The minimum absolute atomic E-state index is 0.00635. The van der Waals surface area contributed by atoms with Crippen LogP contribution < -0.4 is 10.6 Å². The molecule has 1 aromatic carbocycles. The summed E-state index contributed by atoms with van der Waals surface area (Å²) in [6, 6.07) is 3.49. The standard InChI is InChI=1S/C24H37N3O7/c1-8-33-19(29)13-14-25-21(30)20(17-11-9-10-12-18(17)28)27(15(2)3)22(31)16(4)26-23(32)34-24(5,6)7/h9-12,15-16,20,28H,8,13-14H2,1-7H3,(H,25,30)(H,26,32). The minimum atomic E-state index is -1.21. The van der Waals surface area contributed by atoms with E-state index in [1.807, 2.05) is 0 Å². The maximum absolute atomic E-state index is 13.4. The lowest BCUT2D eigenvalue weighted by Crippen LogP contribution is -2.54. The van der Waals surface area contributed by atoms with E-state index in [-0.39, 0.29) is 30.9 Å². The third-order valence-corrected chi connectivity index (χ3v) is 4.61. The molecular weight excluding hydrogens is 442 g/mol. The molecule has 0 radical (unpaired) electrons. The molecule has 10 nitrogen and oxygen atoms in total. The van der Waals surface area contributed by atoms with Gasteiger partial charge in [-0.2, -0.15) is 0 Å². The van der Waals surface area contributed by atoms with Crippen LogP contribution in [-0.2, 0) is 23.9 Å². The van der Waals surface area contributed by atoms with Gasteiger partial charge in [0.25, 0.3) is 0 Å². The lowest BCUT2D eigenvalue weighted by Gasteiger charge is -2.36. The van der Waals surface area contributed by atoms with Crippen molar-refractivity contribution in [2.45, 2.75) is 78.6 Å². The molecular formula is C24H37N3O7. The number of aromatic hydroxyl groups is 1. The molecule has 3 amide bonds. The highest BCUT2D eigenvalue weighted by Crippen LogP contribution is 2.31.